The molecule has 0 aromatic heterocycles. The highest BCUT2D eigenvalue weighted by Crippen LogP contribution is 2.15. The molecule has 0 aliphatic heterocycles. The number of aliphatic hydroxyl groups is 1. The van der Waals surface area contributed by atoms with Gasteiger partial charge in [0.05, 0.1) is 12.6 Å². The second kappa shape index (κ2) is 7.33. The molecule has 0 heterocycles. The van der Waals surface area contributed by atoms with Crippen LogP contribution in [0.15, 0.2) is 11.3 Å². The lowest BCUT2D eigenvalue weighted by Crippen LogP contribution is -2.39. The van der Waals surface area contributed by atoms with Crippen LogP contribution in [0.1, 0.15) is 27.7 Å². The van der Waals surface area contributed by atoms with Crippen LogP contribution >= 0.6 is 0 Å². The Kier molecular flexibility index (Phi) is 6.50. The molecule has 6 heteroatoms. The van der Waals surface area contributed by atoms with E-state index in [1.165, 1.54) is 6.92 Å². The Morgan fingerprint density at radius 2 is 2.00 bits per heavy atom. The topological polar surface area (TPSA) is 99.4 Å². The zero-order valence-corrected chi connectivity index (χ0v) is 11.0. The molecule has 6 nitrogen and oxygen atoms in total. The maximum Gasteiger partial charge on any atom is 0.352 e. The number of rotatable bonds is 5. The van der Waals surface area contributed by atoms with Gasteiger partial charge in [0.2, 0.25) is 5.91 Å². The van der Waals surface area contributed by atoms with Gasteiger partial charge in [0.25, 0.3) is 0 Å². The van der Waals surface area contributed by atoms with Crippen molar-refractivity contribution in [2.45, 2.75) is 33.7 Å². The van der Waals surface area contributed by atoms with Crippen molar-refractivity contribution < 1.29 is 19.4 Å². The average Bonchev–Trinajstić information content (AvgIpc) is 2.26. The van der Waals surface area contributed by atoms with E-state index in [1.54, 1.807) is 26.8 Å². The first-order chi connectivity index (χ1) is 8.34. The summed E-state index contributed by atoms with van der Waals surface area (Å²) in [4.78, 5) is 22.5. The first-order valence-electron chi connectivity index (χ1n) is 5.62. The van der Waals surface area contributed by atoms with E-state index in [9.17, 15) is 14.7 Å². The second-order valence-corrected chi connectivity index (χ2v) is 4.01. The van der Waals surface area contributed by atoms with Crippen LogP contribution in [0, 0.1) is 17.2 Å². The van der Waals surface area contributed by atoms with Crippen LogP contribution in [0.3, 0.4) is 0 Å². The maximum absolute atomic E-state index is 11.5. The molecule has 18 heavy (non-hydrogen) atoms. The number of nitrogens with one attached hydrogen (secondary N) is 1. The highest BCUT2D eigenvalue weighted by atomic mass is 16.5. The van der Waals surface area contributed by atoms with E-state index in [0.29, 0.717) is 0 Å². The minimum absolute atomic E-state index is 0.101. The molecule has 1 amide bonds. The molecule has 0 aliphatic carbocycles. The van der Waals surface area contributed by atoms with Gasteiger partial charge in [-0.15, -0.1) is 0 Å². The summed E-state index contributed by atoms with van der Waals surface area (Å²) in [5.41, 5.74) is -0.482. The van der Waals surface area contributed by atoms with E-state index >= 15 is 0 Å². The largest absolute Gasteiger partial charge is 0.508 e. The molecule has 0 aromatic carbocycles. The highest BCUT2D eigenvalue weighted by Gasteiger charge is 2.26. The molecule has 1 atom stereocenters. The fourth-order valence-corrected chi connectivity index (χ4v) is 1.34. The van der Waals surface area contributed by atoms with Crippen molar-refractivity contribution in [2.24, 2.45) is 5.92 Å². The number of carbonyl (C=O) groups excluding carboxylic acids is 2. The lowest BCUT2D eigenvalue weighted by Gasteiger charge is -2.21. The molecule has 0 saturated heterocycles. The van der Waals surface area contributed by atoms with Crippen LogP contribution in [0.25, 0.3) is 0 Å². The third kappa shape index (κ3) is 4.45. The lowest BCUT2D eigenvalue weighted by atomic mass is 9.99. The van der Waals surface area contributed by atoms with Crippen LogP contribution < -0.4 is 5.32 Å². The van der Waals surface area contributed by atoms with E-state index in [4.69, 9.17) is 5.26 Å². The molecule has 0 spiro atoms. The number of nitriles is 1. The summed E-state index contributed by atoms with van der Waals surface area (Å²) in [5, 5.41) is 21.3. The van der Waals surface area contributed by atoms with E-state index in [-0.39, 0.29) is 18.4 Å². The van der Waals surface area contributed by atoms with Crippen molar-refractivity contribution in [2.75, 3.05) is 6.61 Å². The monoisotopic (exact) mass is 254 g/mol. The predicted octanol–water partition coefficient (Wildman–Crippen LogP) is 1.05. The van der Waals surface area contributed by atoms with Crippen LogP contribution in [0.4, 0.5) is 0 Å². The Hall–Kier alpha value is -2.03. The first-order valence-corrected chi connectivity index (χ1v) is 5.62. The van der Waals surface area contributed by atoms with Crippen molar-refractivity contribution in [3.05, 3.63) is 11.3 Å². The van der Waals surface area contributed by atoms with Gasteiger partial charge in [-0.25, -0.2) is 4.79 Å². The fourth-order valence-electron chi connectivity index (χ4n) is 1.34. The van der Waals surface area contributed by atoms with Gasteiger partial charge in [0.15, 0.2) is 5.57 Å². The summed E-state index contributed by atoms with van der Waals surface area (Å²) >= 11 is 0. The molecule has 0 saturated carbocycles. The average molecular weight is 254 g/mol. The standard InChI is InChI=1S/C12H18N2O4/c1-5-18-12(17)9(6-13)11(16)10(7(2)3)14-8(4)15/h7,10,16H,5H2,1-4H3,(H,14,15)/b11-9-/t10-/m0/s1. The Bertz CT molecular complexity index is 393. The number of amides is 1. The number of hydrogen-bond acceptors (Lipinski definition) is 5. The molecule has 100 valence electrons. The molecule has 2 N–H and O–H groups in total. The van der Waals surface area contributed by atoms with E-state index in [1.807, 2.05) is 0 Å². The summed E-state index contributed by atoms with van der Waals surface area (Å²) in [6.45, 7) is 6.48. The number of esters is 1. The number of aliphatic hydroxyl groups excluding tert-OH is 1. The summed E-state index contributed by atoms with van der Waals surface area (Å²) in [6, 6.07) is 0.809. The van der Waals surface area contributed by atoms with Gasteiger partial charge in [-0.1, -0.05) is 13.8 Å². The molecule has 0 aromatic rings. The Labute approximate surface area is 106 Å². The van der Waals surface area contributed by atoms with Crippen molar-refractivity contribution >= 4 is 11.9 Å². The highest BCUT2D eigenvalue weighted by molar-refractivity contribution is 5.93. The third-order valence-corrected chi connectivity index (χ3v) is 2.17. The minimum atomic E-state index is -0.895. The van der Waals surface area contributed by atoms with E-state index < -0.39 is 23.3 Å². The predicted molar refractivity (Wildman–Crippen MR) is 64.3 cm³/mol. The minimum Gasteiger partial charge on any atom is -0.508 e. The molecule has 0 aliphatic rings. The van der Waals surface area contributed by atoms with Crippen molar-refractivity contribution in [1.29, 1.82) is 5.26 Å². The Balaban J connectivity index is 5.34. The number of hydrogen-bond donors (Lipinski definition) is 2. The van der Waals surface area contributed by atoms with Crippen LogP contribution in [0.2, 0.25) is 0 Å². The summed E-state index contributed by atoms with van der Waals surface area (Å²) < 4.78 is 4.66. The fraction of sp³-hybridized carbons (Fsp3) is 0.583. The Morgan fingerprint density at radius 1 is 1.44 bits per heavy atom. The van der Waals surface area contributed by atoms with E-state index in [2.05, 4.69) is 10.1 Å². The first kappa shape index (κ1) is 16.0. The van der Waals surface area contributed by atoms with Gasteiger partial charge in [-0.2, -0.15) is 5.26 Å². The second-order valence-electron chi connectivity index (χ2n) is 4.01. The van der Waals surface area contributed by atoms with Crippen LogP contribution in [0.5, 0.6) is 0 Å². The quantitative estimate of drug-likeness (QED) is 0.330. The molecule has 0 bridgehead atoms. The third-order valence-electron chi connectivity index (χ3n) is 2.17. The molecule has 0 fully saturated rings. The van der Waals surface area contributed by atoms with E-state index in [0.717, 1.165) is 0 Å². The molecular weight excluding hydrogens is 236 g/mol. The van der Waals surface area contributed by atoms with Gasteiger partial charge >= 0.3 is 5.97 Å². The zero-order valence-electron chi connectivity index (χ0n) is 11.0. The van der Waals surface area contributed by atoms with Crippen LogP contribution in [-0.2, 0) is 14.3 Å². The van der Waals surface area contributed by atoms with Crippen molar-refractivity contribution in [3.63, 3.8) is 0 Å². The van der Waals surface area contributed by atoms with Gasteiger partial charge < -0.3 is 15.2 Å². The summed E-state index contributed by atoms with van der Waals surface area (Å²) in [7, 11) is 0. The van der Waals surface area contributed by atoms with Crippen molar-refractivity contribution in [1.82, 2.24) is 5.32 Å². The van der Waals surface area contributed by atoms with Crippen molar-refractivity contribution in [3.8, 4) is 6.07 Å². The maximum atomic E-state index is 11.5. The van der Waals surface area contributed by atoms with Gasteiger partial charge in [0.1, 0.15) is 11.8 Å². The van der Waals surface area contributed by atoms with Gasteiger partial charge in [-0.05, 0) is 12.8 Å². The van der Waals surface area contributed by atoms with Gasteiger partial charge in [0, 0.05) is 6.92 Å². The smallest absolute Gasteiger partial charge is 0.352 e. The SMILES string of the molecule is CCOC(=O)/C(C#N)=C(\O)[C@@H](NC(C)=O)C(C)C. The van der Waals surface area contributed by atoms with Crippen LogP contribution in [-0.4, -0.2) is 29.6 Å². The lowest BCUT2D eigenvalue weighted by molar-refractivity contribution is -0.138. The molecule has 0 unspecified atom stereocenters. The molecule has 0 rings (SSSR count). The number of carbonyl (C=O) groups is 2. The Morgan fingerprint density at radius 3 is 2.33 bits per heavy atom. The molecular formula is C12H18N2O4. The number of ether oxygens (including phenoxy) is 1. The number of nitrogens with zero attached hydrogens (tertiary/aromatic N) is 1. The van der Waals surface area contributed by atoms with Gasteiger partial charge in [-0.3, -0.25) is 4.79 Å². The summed E-state index contributed by atoms with van der Waals surface area (Å²) in [6.07, 6.45) is 0. The zero-order chi connectivity index (χ0) is 14.3. The normalized spacial score (nSPS) is 13.3. The molecule has 0 radical (unpaired) electrons. The summed E-state index contributed by atoms with van der Waals surface area (Å²) in [5.74, 6) is -1.90.